The Balaban J connectivity index is 1.89. The number of aryl methyl sites for hydroxylation is 1. The lowest BCUT2D eigenvalue weighted by molar-refractivity contribution is -0.112. The van der Waals surface area contributed by atoms with Gasteiger partial charge in [-0.1, -0.05) is 23.2 Å². The third-order valence-electron chi connectivity index (χ3n) is 4.01. The summed E-state index contributed by atoms with van der Waals surface area (Å²) in [6.07, 6.45) is 1.37. The molecule has 0 radical (unpaired) electrons. The van der Waals surface area contributed by atoms with E-state index < -0.39 is 11.9 Å². The number of carbonyl (C=O) groups excluding carboxylic acids is 1. The number of nitrogens with zero attached hydrogens (tertiary/aromatic N) is 2. The van der Waals surface area contributed by atoms with E-state index in [-0.39, 0.29) is 16.3 Å². The van der Waals surface area contributed by atoms with Gasteiger partial charge in [0.25, 0.3) is 5.91 Å². The van der Waals surface area contributed by atoms with Crippen molar-refractivity contribution >= 4 is 46.1 Å². The van der Waals surface area contributed by atoms with Gasteiger partial charge in [-0.05, 0) is 55.5 Å². The summed E-state index contributed by atoms with van der Waals surface area (Å²) >= 11 is 6.20. The molecular formula is C21H14ClN3O3. The molecule has 28 heavy (non-hydrogen) atoms. The van der Waals surface area contributed by atoms with Gasteiger partial charge < -0.3 is 10.4 Å². The molecule has 1 amide bonds. The number of aromatic nitrogens is 1. The zero-order valence-electron chi connectivity index (χ0n) is 14.7. The maximum absolute atomic E-state index is 12.4. The minimum absolute atomic E-state index is 0.0957. The minimum atomic E-state index is -1.07. The zero-order valence-corrected chi connectivity index (χ0v) is 15.5. The van der Waals surface area contributed by atoms with E-state index in [2.05, 4.69) is 10.3 Å². The van der Waals surface area contributed by atoms with Crippen molar-refractivity contribution < 1.29 is 14.7 Å². The maximum atomic E-state index is 12.4. The molecule has 3 aromatic rings. The Hall–Kier alpha value is -3.69. The lowest BCUT2D eigenvalue weighted by Gasteiger charge is -2.06. The van der Waals surface area contributed by atoms with Crippen LogP contribution in [0.3, 0.4) is 0 Å². The van der Waals surface area contributed by atoms with Crippen molar-refractivity contribution in [3.8, 4) is 6.07 Å². The molecule has 0 saturated carbocycles. The normalized spacial score (nSPS) is 11.1. The van der Waals surface area contributed by atoms with E-state index in [1.807, 2.05) is 31.2 Å². The van der Waals surface area contributed by atoms with Crippen molar-refractivity contribution in [1.29, 1.82) is 5.26 Å². The SMILES string of the molecule is Cc1ccc2nc(Cl)c(/C=C(\C#N)C(=O)Nc3ccc(C(=O)O)cc3)cc2c1. The van der Waals surface area contributed by atoms with Crippen LogP contribution in [0, 0.1) is 18.3 Å². The fourth-order valence-corrected chi connectivity index (χ4v) is 2.79. The quantitative estimate of drug-likeness (QED) is 0.388. The Morgan fingerprint density at radius 1 is 1.18 bits per heavy atom. The molecule has 0 aliphatic carbocycles. The lowest BCUT2D eigenvalue weighted by Crippen LogP contribution is -2.13. The number of carboxylic acids is 1. The maximum Gasteiger partial charge on any atom is 0.335 e. The Morgan fingerprint density at radius 2 is 1.89 bits per heavy atom. The second kappa shape index (κ2) is 7.91. The Kier molecular flexibility index (Phi) is 5.39. The minimum Gasteiger partial charge on any atom is -0.478 e. The van der Waals surface area contributed by atoms with Gasteiger partial charge in [0.2, 0.25) is 0 Å². The smallest absolute Gasteiger partial charge is 0.335 e. The molecule has 6 nitrogen and oxygen atoms in total. The van der Waals surface area contributed by atoms with Crippen molar-refractivity contribution in [2.24, 2.45) is 0 Å². The fourth-order valence-electron chi connectivity index (χ4n) is 2.59. The van der Waals surface area contributed by atoms with Gasteiger partial charge >= 0.3 is 5.97 Å². The van der Waals surface area contributed by atoms with E-state index in [1.54, 1.807) is 6.07 Å². The van der Waals surface area contributed by atoms with Crippen molar-refractivity contribution in [2.45, 2.75) is 6.92 Å². The van der Waals surface area contributed by atoms with Crippen LogP contribution in [0.4, 0.5) is 5.69 Å². The molecule has 0 fully saturated rings. The van der Waals surface area contributed by atoms with Crippen LogP contribution in [-0.4, -0.2) is 22.0 Å². The molecule has 3 rings (SSSR count). The summed E-state index contributed by atoms with van der Waals surface area (Å²) in [6.45, 7) is 1.95. The van der Waals surface area contributed by atoms with Crippen LogP contribution in [0.25, 0.3) is 17.0 Å². The first-order valence-corrected chi connectivity index (χ1v) is 8.58. The second-order valence-electron chi connectivity index (χ2n) is 6.07. The second-order valence-corrected chi connectivity index (χ2v) is 6.43. The number of aromatic carboxylic acids is 1. The summed E-state index contributed by atoms with van der Waals surface area (Å²) in [5.74, 6) is -1.70. The summed E-state index contributed by atoms with van der Waals surface area (Å²) in [6, 6.07) is 15.0. The van der Waals surface area contributed by atoms with Crippen molar-refractivity contribution in [1.82, 2.24) is 4.98 Å². The highest BCUT2D eigenvalue weighted by atomic mass is 35.5. The highest BCUT2D eigenvalue weighted by molar-refractivity contribution is 6.31. The number of hydrogen-bond acceptors (Lipinski definition) is 4. The Morgan fingerprint density at radius 3 is 2.54 bits per heavy atom. The predicted octanol–water partition coefficient (Wildman–Crippen LogP) is 4.44. The van der Waals surface area contributed by atoms with Crippen LogP contribution in [0.15, 0.2) is 54.1 Å². The van der Waals surface area contributed by atoms with Crippen molar-refractivity contribution in [2.75, 3.05) is 5.32 Å². The van der Waals surface area contributed by atoms with Gasteiger partial charge in [0.15, 0.2) is 0 Å². The van der Waals surface area contributed by atoms with Crippen LogP contribution in [0.2, 0.25) is 5.15 Å². The summed E-state index contributed by atoms with van der Waals surface area (Å²) < 4.78 is 0. The van der Waals surface area contributed by atoms with Crippen molar-refractivity contribution in [3.05, 3.63) is 75.9 Å². The molecule has 2 aromatic carbocycles. The molecule has 0 spiro atoms. The molecule has 0 unspecified atom stereocenters. The number of nitriles is 1. The number of carbonyl (C=O) groups is 2. The topological polar surface area (TPSA) is 103 Å². The molecule has 0 bridgehead atoms. The molecular weight excluding hydrogens is 378 g/mol. The molecule has 1 heterocycles. The molecule has 0 aliphatic heterocycles. The van der Waals surface area contributed by atoms with Gasteiger partial charge in [-0.25, -0.2) is 9.78 Å². The highest BCUT2D eigenvalue weighted by Crippen LogP contribution is 2.24. The Bertz CT molecular complexity index is 1160. The van der Waals surface area contributed by atoms with E-state index in [0.29, 0.717) is 16.8 Å². The average molecular weight is 392 g/mol. The van der Waals surface area contributed by atoms with Gasteiger partial charge in [0, 0.05) is 16.6 Å². The summed E-state index contributed by atoms with van der Waals surface area (Å²) in [4.78, 5) is 27.6. The zero-order chi connectivity index (χ0) is 20.3. The van der Waals surface area contributed by atoms with Gasteiger partial charge in [-0.2, -0.15) is 5.26 Å². The van der Waals surface area contributed by atoms with Crippen LogP contribution >= 0.6 is 11.6 Å². The van der Waals surface area contributed by atoms with E-state index in [0.717, 1.165) is 10.9 Å². The fraction of sp³-hybridized carbons (Fsp3) is 0.0476. The third kappa shape index (κ3) is 4.17. The third-order valence-corrected chi connectivity index (χ3v) is 4.31. The molecule has 0 atom stereocenters. The van der Waals surface area contributed by atoms with Crippen molar-refractivity contribution in [3.63, 3.8) is 0 Å². The van der Waals surface area contributed by atoms with Gasteiger partial charge in [-0.15, -0.1) is 0 Å². The standard InChI is InChI=1S/C21H14ClN3O3/c1-12-2-7-18-14(8-12)9-15(19(22)25-18)10-16(11-23)20(26)24-17-5-3-13(4-6-17)21(27)28/h2-10H,1H3,(H,24,26)(H,27,28)/b16-10+. The van der Waals surface area contributed by atoms with Gasteiger partial charge in [0.1, 0.15) is 16.8 Å². The molecule has 0 aliphatic rings. The first-order valence-electron chi connectivity index (χ1n) is 8.21. The van der Waals surface area contributed by atoms with E-state index in [1.165, 1.54) is 30.3 Å². The molecule has 138 valence electrons. The largest absolute Gasteiger partial charge is 0.478 e. The summed E-state index contributed by atoms with van der Waals surface area (Å²) in [5, 5.41) is 21.9. The molecule has 7 heteroatoms. The van der Waals surface area contributed by atoms with E-state index in [4.69, 9.17) is 16.7 Å². The number of fused-ring (bicyclic) bond motifs is 1. The van der Waals surface area contributed by atoms with Crippen LogP contribution < -0.4 is 5.32 Å². The van der Waals surface area contributed by atoms with Crippen LogP contribution in [-0.2, 0) is 4.79 Å². The molecule has 2 N–H and O–H groups in total. The molecule has 1 aromatic heterocycles. The predicted molar refractivity (Wildman–Crippen MR) is 107 cm³/mol. The number of halogens is 1. The number of nitrogens with one attached hydrogen (secondary N) is 1. The first kappa shape index (κ1) is 19.1. The number of amides is 1. The van der Waals surface area contributed by atoms with Gasteiger partial charge in [-0.3, -0.25) is 4.79 Å². The number of hydrogen-bond donors (Lipinski definition) is 2. The van der Waals surface area contributed by atoms with Crippen LogP contribution in [0.5, 0.6) is 0 Å². The van der Waals surface area contributed by atoms with E-state index in [9.17, 15) is 14.9 Å². The summed E-state index contributed by atoms with van der Waals surface area (Å²) in [7, 11) is 0. The monoisotopic (exact) mass is 391 g/mol. The highest BCUT2D eigenvalue weighted by Gasteiger charge is 2.12. The number of anilines is 1. The summed E-state index contributed by atoms with van der Waals surface area (Å²) in [5.41, 5.74) is 2.53. The number of carboxylic acid groups (broad SMARTS) is 1. The van der Waals surface area contributed by atoms with Crippen LogP contribution in [0.1, 0.15) is 21.5 Å². The number of rotatable bonds is 4. The number of benzene rings is 2. The first-order chi connectivity index (χ1) is 13.4. The average Bonchev–Trinajstić information content (AvgIpc) is 2.67. The van der Waals surface area contributed by atoms with Gasteiger partial charge in [0.05, 0.1) is 11.1 Å². The lowest BCUT2D eigenvalue weighted by atomic mass is 10.1. The Labute approximate surface area is 165 Å². The molecule has 0 saturated heterocycles. The van der Waals surface area contributed by atoms with E-state index >= 15 is 0 Å². The number of pyridine rings is 1.